The lowest BCUT2D eigenvalue weighted by atomic mass is 10.1. The summed E-state index contributed by atoms with van der Waals surface area (Å²) in [5, 5.41) is 10.7. The van der Waals surface area contributed by atoms with Gasteiger partial charge >= 0.3 is 0 Å². The van der Waals surface area contributed by atoms with Crippen LogP contribution in [0.4, 0.5) is 0 Å². The molecule has 0 bridgehead atoms. The highest BCUT2D eigenvalue weighted by Gasteiger charge is 2.06. The third-order valence-corrected chi connectivity index (χ3v) is 4.25. The Kier molecular flexibility index (Phi) is 4.16. The van der Waals surface area contributed by atoms with Crippen molar-refractivity contribution in [2.45, 2.75) is 0 Å². The number of nitrogens with zero attached hydrogens (tertiary/aromatic N) is 2. The van der Waals surface area contributed by atoms with Crippen LogP contribution < -0.4 is 5.11 Å². The van der Waals surface area contributed by atoms with Crippen molar-refractivity contribution in [2.24, 2.45) is 0 Å². The summed E-state index contributed by atoms with van der Waals surface area (Å²) in [5.41, 5.74) is 1.85. The molecule has 0 N–H and O–H groups in total. The minimum atomic E-state index is -1.27. The van der Waals surface area contributed by atoms with Crippen molar-refractivity contribution in [1.29, 1.82) is 0 Å². The molecular weight excluding hydrogens is 312 g/mol. The molecule has 6 heteroatoms. The molecule has 0 aliphatic carbocycles. The monoisotopic (exact) mass is 323 g/mol. The minimum absolute atomic E-state index is 0.0476. The van der Waals surface area contributed by atoms with Crippen LogP contribution >= 0.6 is 11.3 Å². The third-order valence-electron chi connectivity index (χ3n) is 3.17. The fraction of sp³-hybridized carbons (Fsp3) is 0. The molecule has 3 rings (SSSR count). The number of allylic oxidation sites excluding steroid dienone is 1. The van der Waals surface area contributed by atoms with E-state index in [1.54, 1.807) is 18.6 Å². The zero-order valence-electron chi connectivity index (χ0n) is 11.9. The van der Waals surface area contributed by atoms with Gasteiger partial charge in [0.05, 0.1) is 22.1 Å². The number of hydrogen-bond acceptors (Lipinski definition) is 5. The Bertz CT molecular complexity index is 862. The van der Waals surface area contributed by atoms with Crippen LogP contribution in [-0.4, -0.2) is 21.3 Å². The predicted octanol–water partition coefficient (Wildman–Crippen LogP) is 2.19. The van der Waals surface area contributed by atoms with Gasteiger partial charge in [0, 0.05) is 18.1 Å². The van der Waals surface area contributed by atoms with E-state index in [4.69, 9.17) is 0 Å². The molecule has 2 aromatic heterocycles. The van der Waals surface area contributed by atoms with Crippen molar-refractivity contribution in [3.05, 3.63) is 76.5 Å². The second kappa shape index (κ2) is 6.41. The van der Waals surface area contributed by atoms with Crippen LogP contribution in [0.25, 0.3) is 11.8 Å². The molecule has 0 aliphatic heterocycles. The Balaban J connectivity index is 1.71. The molecule has 5 nitrogen and oxygen atoms in total. The fourth-order valence-corrected chi connectivity index (χ4v) is 2.76. The van der Waals surface area contributed by atoms with E-state index >= 15 is 0 Å². The predicted molar refractivity (Wildman–Crippen MR) is 85.6 cm³/mol. The van der Waals surface area contributed by atoms with E-state index in [0.29, 0.717) is 4.88 Å². The maximum absolute atomic E-state index is 12.0. The zero-order valence-corrected chi connectivity index (χ0v) is 12.7. The Morgan fingerprint density at radius 2 is 1.83 bits per heavy atom. The smallest absolute Gasteiger partial charge is 0.195 e. The maximum atomic E-state index is 12.0. The highest BCUT2D eigenvalue weighted by atomic mass is 32.1. The Hall–Kier alpha value is -2.99. The molecular formula is C17H11N2O3S-. The van der Waals surface area contributed by atoms with Crippen LogP contribution in [-0.2, 0) is 0 Å². The molecule has 0 radical (unpaired) electrons. The first-order valence-electron chi connectivity index (χ1n) is 6.75. The second-order valence-corrected chi connectivity index (χ2v) is 5.79. The normalized spacial score (nSPS) is 11.0. The number of thiophene rings is 1. The number of carboxylic acid groups (broad SMARTS) is 1. The molecule has 0 saturated carbocycles. The first kappa shape index (κ1) is 14.9. The summed E-state index contributed by atoms with van der Waals surface area (Å²) < 4.78 is 1.88. The molecule has 0 saturated heterocycles. The molecule has 0 fully saturated rings. The topological polar surface area (TPSA) is 75.0 Å². The van der Waals surface area contributed by atoms with E-state index in [2.05, 4.69) is 4.98 Å². The summed E-state index contributed by atoms with van der Waals surface area (Å²) >= 11 is 0.912. The third kappa shape index (κ3) is 3.44. The number of ketones is 1. The second-order valence-electron chi connectivity index (χ2n) is 4.71. The minimum Gasteiger partial charge on any atom is -0.544 e. The average molecular weight is 323 g/mol. The number of carboxylic acids is 1. The zero-order chi connectivity index (χ0) is 16.2. The summed E-state index contributed by atoms with van der Waals surface area (Å²) in [4.78, 5) is 27.1. The van der Waals surface area contributed by atoms with Gasteiger partial charge in [0.2, 0.25) is 0 Å². The molecule has 0 spiro atoms. The molecule has 23 heavy (non-hydrogen) atoms. The van der Waals surface area contributed by atoms with Gasteiger partial charge in [-0.3, -0.25) is 4.79 Å². The van der Waals surface area contributed by atoms with Crippen LogP contribution in [0, 0.1) is 0 Å². The summed E-state index contributed by atoms with van der Waals surface area (Å²) in [6.07, 6.45) is 8.38. The summed E-state index contributed by atoms with van der Waals surface area (Å²) in [6, 6.07) is 10.5. The molecule has 0 amide bonds. The van der Waals surface area contributed by atoms with E-state index < -0.39 is 5.97 Å². The molecule has 0 unspecified atom stereocenters. The van der Waals surface area contributed by atoms with Gasteiger partial charge in [-0.2, -0.15) is 0 Å². The highest BCUT2D eigenvalue weighted by Crippen LogP contribution is 2.17. The van der Waals surface area contributed by atoms with E-state index in [-0.39, 0.29) is 10.7 Å². The van der Waals surface area contributed by atoms with Gasteiger partial charge in [0.25, 0.3) is 0 Å². The van der Waals surface area contributed by atoms with Crippen molar-refractivity contribution < 1.29 is 14.7 Å². The fourth-order valence-electron chi connectivity index (χ4n) is 2.00. The Morgan fingerprint density at radius 1 is 1.09 bits per heavy atom. The van der Waals surface area contributed by atoms with Gasteiger partial charge in [0.15, 0.2) is 5.78 Å². The van der Waals surface area contributed by atoms with Crippen molar-refractivity contribution >= 4 is 29.2 Å². The quantitative estimate of drug-likeness (QED) is 0.533. The van der Waals surface area contributed by atoms with Crippen molar-refractivity contribution in [1.82, 2.24) is 9.55 Å². The lowest BCUT2D eigenvalue weighted by Gasteiger charge is -2.01. The number of hydrogen-bond donors (Lipinski definition) is 0. The van der Waals surface area contributed by atoms with Crippen LogP contribution in [0.3, 0.4) is 0 Å². The maximum Gasteiger partial charge on any atom is 0.195 e. The average Bonchev–Trinajstić information content (AvgIpc) is 3.24. The summed E-state index contributed by atoms with van der Waals surface area (Å²) in [5.74, 6) is -1.51. The van der Waals surface area contributed by atoms with Gasteiger partial charge in [0.1, 0.15) is 0 Å². The molecule has 114 valence electrons. The van der Waals surface area contributed by atoms with E-state index in [1.807, 2.05) is 35.0 Å². The van der Waals surface area contributed by atoms with E-state index in [0.717, 1.165) is 22.6 Å². The standard InChI is InChI=1S/C17H12N2O3S/c20-14(15-7-8-16(23-15)17(21)22)6-3-12-1-4-13(5-2-12)19-10-9-18-11-19/h1-11H,(H,21,22)/p-1/b6-3+. The van der Waals surface area contributed by atoms with Crippen LogP contribution in [0.2, 0.25) is 0 Å². The van der Waals surface area contributed by atoms with E-state index in [1.165, 1.54) is 18.2 Å². The van der Waals surface area contributed by atoms with Gasteiger partial charge in [-0.1, -0.05) is 18.2 Å². The van der Waals surface area contributed by atoms with Crippen LogP contribution in [0.1, 0.15) is 24.9 Å². The summed E-state index contributed by atoms with van der Waals surface area (Å²) in [7, 11) is 0. The summed E-state index contributed by atoms with van der Waals surface area (Å²) in [6.45, 7) is 0. The van der Waals surface area contributed by atoms with Crippen molar-refractivity contribution in [3.63, 3.8) is 0 Å². The number of aromatic nitrogens is 2. The number of benzene rings is 1. The van der Waals surface area contributed by atoms with Gasteiger partial charge in [-0.25, -0.2) is 4.98 Å². The Labute approximate surface area is 136 Å². The van der Waals surface area contributed by atoms with Crippen LogP contribution in [0.5, 0.6) is 0 Å². The molecule has 2 heterocycles. The lowest BCUT2D eigenvalue weighted by molar-refractivity contribution is -0.254. The Morgan fingerprint density at radius 3 is 2.43 bits per heavy atom. The van der Waals surface area contributed by atoms with Gasteiger partial charge < -0.3 is 14.5 Å². The van der Waals surface area contributed by atoms with Gasteiger partial charge in [-0.15, -0.1) is 11.3 Å². The van der Waals surface area contributed by atoms with Gasteiger partial charge in [-0.05, 0) is 35.9 Å². The molecule has 0 aliphatic rings. The molecule has 0 atom stereocenters. The number of carbonyl (C=O) groups excluding carboxylic acids is 2. The largest absolute Gasteiger partial charge is 0.544 e. The number of rotatable bonds is 5. The lowest BCUT2D eigenvalue weighted by Crippen LogP contribution is -2.20. The first-order chi connectivity index (χ1) is 11.1. The molecule has 1 aromatic carbocycles. The van der Waals surface area contributed by atoms with Crippen molar-refractivity contribution in [2.75, 3.05) is 0 Å². The van der Waals surface area contributed by atoms with E-state index in [9.17, 15) is 14.7 Å². The van der Waals surface area contributed by atoms with Crippen LogP contribution in [0.15, 0.2) is 61.2 Å². The first-order valence-corrected chi connectivity index (χ1v) is 7.57. The number of aromatic carboxylic acids is 1. The highest BCUT2D eigenvalue weighted by molar-refractivity contribution is 7.16. The molecule has 3 aromatic rings. The number of imidazole rings is 1. The van der Waals surface area contributed by atoms with Crippen molar-refractivity contribution in [3.8, 4) is 5.69 Å². The SMILES string of the molecule is O=C([O-])c1ccc(C(=O)/C=C/c2ccc(-n3ccnc3)cc2)s1. The number of carbonyl (C=O) groups is 2.